The summed E-state index contributed by atoms with van der Waals surface area (Å²) in [7, 11) is 0. The number of hydrogen-bond donors (Lipinski definition) is 1. The molecule has 3 rings (SSSR count). The van der Waals surface area contributed by atoms with Gasteiger partial charge in [-0.25, -0.2) is 4.98 Å². The molecule has 0 amide bonds. The summed E-state index contributed by atoms with van der Waals surface area (Å²) in [5, 5.41) is 12.3. The van der Waals surface area contributed by atoms with Crippen LogP contribution in [0.5, 0.6) is 0 Å². The zero-order valence-electron chi connectivity index (χ0n) is 15.0. The molecule has 0 saturated heterocycles. The third kappa shape index (κ3) is 4.20. The fourth-order valence-electron chi connectivity index (χ4n) is 3.40. The van der Waals surface area contributed by atoms with Gasteiger partial charge in [0.1, 0.15) is 10.9 Å². The quantitative estimate of drug-likeness (QED) is 0.593. The summed E-state index contributed by atoms with van der Waals surface area (Å²) in [6, 6.07) is 18.8. The first-order valence-electron chi connectivity index (χ1n) is 8.80. The Bertz CT molecular complexity index is 828. The molecule has 3 nitrogen and oxygen atoms in total. The fraction of sp³-hybridized carbons (Fsp3) is 0.273. The van der Waals surface area contributed by atoms with Crippen LogP contribution in [0.25, 0.3) is 0 Å². The monoisotopic (exact) mass is 365 g/mol. The van der Waals surface area contributed by atoms with E-state index in [9.17, 15) is 9.90 Å². The lowest BCUT2D eigenvalue weighted by Crippen LogP contribution is -2.18. The molecule has 0 fully saturated rings. The molecule has 3 atom stereocenters. The summed E-state index contributed by atoms with van der Waals surface area (Å²) in [6.07, 6.45) is 2.21. The maximum Gasteiger partial charge on any atom is 0.313 e. The van der Waals surface area contributed by atoms with E-state index >= 15 is 0 Å². The number of thiazole rings is 1. The zero-order chi connectivity index (χ0) is 18.5. The van der Waals surface area contributed by atoms with Gasteiger partial charge < -0.3 is 5.11 Å². The second-order valence-electron chi connectivity index (χ2n) is 6.71. The number of hydrogen-bond acceptors (Lipinski definition) is 3. The predicted molar refractivity (Wildman–Crippen MR) is 106 cm³/mol. The number of carboxylic acid groups (broad SMARTS) is 1. The molecule has 0 aliphatic rings. The third-order valence-electron chi connectivity index (χ3n) is 4.97. The van der Waals surface area contributed by atoms with Gasteiger partial charge in [-0.05, 0) is 36.3 Å². The highest BCUT2D eigenvalue weighted by Gasteiger charge is 2.30. The van der Waals surface area contributed by atoms with E-state index in [1.807, 2.05) is 23.6 Å². The average molecular weight is 365 g/mol. The molecule has 2 aromatic carbocycles. The van der Waals surface area contributed by atoms with Crippen molar-refractivity contribution in [3.05, 3.63) is 87.9 Å². The fourth-order valence-corrected chi connectivity index (χ4v) is 4.14. The Labute approximate surface area is 158 Å². The number of aryl methyl sites for hydroxylation is 1. The van der Waals surface area contributed by atoms with E-state index in [2.05, 4.69) is 55.2 Å². The minimum Gasteiger partial charge on any atom is -0.481 e. The summed E-state index contributed by atoms with van der Waals surface area (Å²) in [6.45, 7) is 4.25. The van der Waals surface area contributed by atoms with Crippen molar-refractivity contribution >= 4 is 17.3 Å². The first-order chi connectivity index (χ1) is 12.6. The van der Waals surface area contributed by atoms with Gasteiger partial charge in [0.05, 0.1) is 0 Å². The van der Waals surface area contributed by atoms with Crippen molar-refractivity contribution in [3.63, 3.8) is 0 Å². The van der Waals surface area contributed by atoms with Crippen LogP contribution in [0, 0.1) is 6.92 Å². The molecule has 134 valence electrons. The molecule has 0 bridgehead atoms. The molecule has 3 unspecified atom stereocenters. The zero-order valence-corrected chi connectivity index (χ0v) is 15.8. The summed E-state index contributed by atoms with van der Waals surface area (Å²) in [5.74, 6) is -1.09. The van der Waals surface area contributed by atoms with Gasteiger partial charge in [0.15, 0.2) is 0 Å². The summed E-state index contributed by atoms with van der Waals surface area (Å²) in [5.41, 5.74) is 3.60. The minimum atomic E-state index is -0.808. The van der Waals surface area contributed by atoms with E-state index in [0.29, 0.717) is 11.4 Å². The molecule has 4 heteroatoms. The van der Waals surface area contributed by atoms with Crippen LogP contribution in [0.2, 0.25) is 0 Å². The summed E-state index contributed by atoms with van der Waals surface area (Å²) < 4.78 is 0. The van der Waals surface area contributed by atoms with Crippen molar-refractivity contribution in [1.82, 2.24) is 4.98 Å². The van der Waals surface area contributed by atoms with Crippen molar-refractivity contribution in [2.45, 2.75) is 38.0 Å². The van der Waals surface area contributed by atoms with Crippen molar-refractivity contribution in [2.75, 3.05) is 0 Å². The van der Waals surface area contributed by atoms with Crippen molar-refractivity contribution in [1.29, 1.82) is 0 Å². The number of rotatable bonds is 7. The Morgan fingerprint density at radius 1 is 1.08 bits per heavy atom. The van der Waals surface area contributed by atoms with Gasteiger partial charge in [0.25, 0.3) is 0 Å². The predicted octanol–water partition coefficient (Wildman–Crippen LogP) is 5.60. The van der Waals surface area contributed by atoms with E-state index in [1.54, 1.807) is 6.20 Å². The molecule has 0 aliphatic heterocycles. The number of nitrogens with zero attached hydrogens (tertiary/aromatic N) is 1. The molecule has 26 heavy (non-hydrogen) atoms. The van der Waals surface area contributed by atoms with Gasteiger partial charge in [-0.1, -0.05) is 67.1 Å². The van der Waals surface area contributed by atoms with Crippen LogP contribution in [0.15, 0.2) is 66.2 Å². The normalized spacial score (nSPS) is 14.5. The third-order valence-corrected chi connectivity index (χ3v) is 5.86. The lowest BCUT2D eigenvalue weighted by molar-refractivity contribution is -0.139. The van der Waals surface area contributed by atoms with Crippen LogP contribution in [0.4, 0.5) is 0 Å². The Hall–Kier alpha value is -2.46. The topological polar surface area (TPSA) is 50.2 Å². The molecule has 0 spiro atoms. The van der Waals surface area contributed by atoms with Gasteiger partial charge in [-0.3, -0.25) is 4.79 Å². The van der Waals surface area contributed by atoms with E-state index in [1.165, 1.54) is 28.0 Å². The van der Waals surface area contributed by atoms with Crippen molar-refractivity contribution < 1.29 is 9.90 Å². The molecule has 0 radical (unpaired) electrons. The van der Waals surface area contributed by atoms with Gasteiger partial charge >= 0.3 is 5.97 Å². The van der Waals surface area contributed by atoms with Crippen LogP contribution in [-0.4, -0.2) is 16.1 Å². The Morgan fingerprint density at radius 2 is 1.77 bits per heavy atom. The number of benzene rings is 2. The molecular formula is C22H23NO2S. The highest BCUT2D eigenvalue weighted by molar-refractivity contribution is 7.09. The minimum absolute atomic E-state index is 0.1000. The standard InChI is InChI=1S/C22H23NO2S/c1-15-8-10-18(11-9-15)19(16(2)17-6-4-3-5-7-17)14-20(22(24)25)21-23-12-13-26-21/h3-13,16,19-20H,14H2,1-2H3,(H,24,25). The lowest BCUT2D eigenvalue weighted by Gasteiger charge is -2.27. The van der Waals surface area contributed by atoms with Crippen molar-refractivity contribution in [3.8, 4) is 0 Å². The Morgan fingerprint density at radius 3 is 2.35 bits per heavy atom. The number of aromatic nitrogens is 1. The molecule has 0 aliphatic carbocycles. The second kappa shape index (κ2) is 8.28. The SMILES string of the molecule is Cc1ccc(C(CC(C(=O)O)c2nccs2)C(C)c2ccccc2)cc1. The molecular weight excluding hydrogens is 342 g/mol. The maximum absolute atomic E-state index is 11.9. The van der Waals surface area contributed by atoms with Crippen LogP contribution >= 0.6 is 11.3 Å². The van der Waals surface area contributed by atoms with Gasteiger partial charge in [0, 0.05) is 11.6 Å². The largest absolute Gasteiger partial charge is 0.481 e. The first-order valence-corrected chi connectivity index (χ1v) is 9.68. The van der Waals surface area contributed by atoms with Crippen LogP contribution in [0.1, 0.15) is 52.8 Å². The molecule has 1 aromatic heterocycles. The van der Waals surface area contributed by atoms with Gasteiger partial charge in [-0.15, -0.1) is 11.3 Å². The van der Waals surface area contributed by atoms with Crippen LogP contribution < -0.4 is 0 Å². The van der Waals surface area contributed by atoms with Gasteiger partial charge in [0.2, 0.25) is 0 Å². The maximum atomic E-state index is 11.9. The molecule has 1 heterocycles. The Kier molecular flexibility index (Phi) is 5.84. The van der Waals surface area contributed by atoms with E-state index in [-0.39, 0.29) is 11.8 Å². The van der Waals surface area contributed by atoms with E-state index in [4.69, 9.17) is 0 Å². The highest BCUT2D eigenvalue weighted by Crippen LogP contribution is 2.40. The number of aliphatic carboxylic acids is 1. The average Bonchev–Trinajstić information content (AvgIpc) is 3.18. The lowest BCUT2D eigenvalue weighted by atomic mass is 9.77. The molecule has 0 saturated carbocycles. The number of carboxylic acids is 1. The molecule has 1 N–H and O–H groups in total. The smallest absolute Gasteiger partial charge is 0.313 e. The van der Waals surface area contributed by atoms with Crippen LogP contribution in [-0.2, 0) is 4.79 Å². The summed E-state index contributed by atoms with van der Waals surface area (Å²) >= 11 is 1.41. The Balaban J connectivity index is 1.97. The number of carbonyl (C=O) groups is 1. The van der Waals surface area contributed by atoms with Crippen molar-refractivity contribution in [2.24, 2.45) is 0 Å². The van der Waals surface area contributed by atoms with E-state index in [0.717, 1.165) is 0 Å². The van der Waals surface area contributed by atoms with E-state index < -0.39 is 11.9 Å². The van der Waals surface area contributed by atoms with Gasteiger partial charge in [-0.2, -0.15) is 0 Å². The second-order valence-corrected chi connectivity index (χ2v) is 7.64. The van der Waals surface area contributed by atoms with Crippen LogP contribution in [0.3, 0.4) is 0 Å². The molecule has 3 aromatic rings. The highest BCUT2D eigenvalue weighted by atomic mass is 32.1. The first kappa shape index (κ1) is 18.3. The summed E-state index contributed by atoms with van der Waals surface area (Å²) in [4.78, 5) is 16.2.